The Morgan fingerprint density at radius 1 is 1.52 bits per heavy atom. The maximum atomic E-state index is 12.3. The Labute approximate surface area is 129 Å². The highest BCUT2D eigenvalue weighted by Gasteiger charge is 2.32. The average Bonchev–Trinajstić information content (AvgIpc) is 3.19. The minimum atomic E-state index is 0.0188. The lowest BCUT2D eigenvalue weighted by Gasteiger charge is -2.19. The number of aromatic nitrogens is 1. The summed E-state index contributed by atoms with van der Waals surface area (Å²) in [6, 6.07) is 5.98. The molecular weight excluding hydrogens is 284 g/mol. The summed E-state index contributed by atoms with van der Waals surface area (Å²) < 4.78 is 0. The number of rotatable bonds is 5. The van der Waals surface area contributed by atoms with Crippen LogP contribution in [0.1, 0.15) is 12.1 Å². The molecule has 2 aliphatic rings. The fourth-order valence-electron chi connectivity index (χ4n) is 2.87. The van der Waals surface area contributed by atoms with E-state index in [0.717, 1.165) is 49.9 Å². The molecule has 3 rings (SSSR count). The zero-order valence-electron chi connectivity index (χ0n) is 12.1. The van der Waals surface area contributed by atoms with Crippen LogP contribution in [0.2, 0.25) is 0 Å². The van der Waals surface area contributed by atoms with Gasteiger partial charge in [-0.1, -0.05) is 6.07 Å². The molecule has 2 fully saturated rings. The van der Waals surface area contributed by atoms with Gasteiger partial charge in [0.05, 0.1) is 17.6 Å². The lowest BCUT2D eigenvalue weighted by atomic mass is 10.0. The van der Waals surface area contributed by atoms with E-state index in [1.165, 1.54) is 0 Å². The summed E-state index contributed by atoms with van der Waals surface area (Å²) >= 11 is 1.84. The highest BCUT2D eigenvalue weighted by molar-refractivity contribution is 7.99. The molecule has 114 valence electrons. The van der Waals surface area contributed by atoms with Crippen LogP contribution in [0.3, 0.4) is 0 Å². The highest BCUT2D eigenvalue weighted by Crippen LogP contribution is 2.19. The van der Waals surface area contributed by atoms with Crippen LogP contribution in [0.4, 0.5) is 0 Å². The predicted octanol–water partition coefficient (Wildman–Crippen LogP) is 0.682. The third kappa shape index (κ3) is 3.96. The van der Waals surface area contributed by atoms with Crippen LogP contribution < -0.4 is 10.6 Å². The molecule has 2 saturated heterocycles. The van der Waals surface area contributed by atoms with Crippen molar-refractivity contribution in [3.8, 4) is 0 Å². The van der Waals surface area contributed by atoms with Crippen molar-refractivity contribution in [3.63, 3.8) is 0 Å². The van der Waals surface area contributed by atoms with E-state index in [1.807, 2.05) is 41.1 Å². The Morgan fingerprint density at radius 3 is 3.24 bits per heavy atom. The van der Waals surface area contributed by atoms with Crippen LogP contribution in [0.25, 0.3) is 0 Å². The van der Waals surface area contributed by atoms with Gasteiger partial charge in [0.25, 0.3) is 0 Å². The summed E-state index contributed by atoms with van der Waals surface area (Å²) in [6.45, 7) is 3.55. The largest absolute Gasteiger partial charge is 0.331 e. The first-order valence-corrected chi connectivity index (χ1v) is 8.69. The molecule has 0 saturated carbocycles. The quantitative estimate of drug-likeness (QED) is 0.838. The van der Waals surface area contributed by atoms with Gasteiger partial charge in [0.1, 0.15) is 0 Å². The molecule has 2 N–H and O–H groups in total. The minimum Gasteiger partial charge on any atom is -0.331 e. The number of carbonyl (C=O) groups is 1. The van der Waals surface area contributed by atoms with Crippen molar-refractivity contribution in [3.05, 3.63) is 30.1 Å². The average molecular weight is 306 g/mol. The number of nitrogens with zero attached hydrogens (tertiary/aromatic N) is 2. The Kier molecular flexibility index (Phi) is 5.11. The smallest absolute Gasteiger partial charge is 0.240 e. The van der Waals surface area contributed by atoms with Gasteiger partial charge in [-0.3, -0.25) is 9.78 Å². The van der Waals surface area contributed by atoms with Crippen molar-refractivity contribution in [2.45, 2.75) is 19.0 Å². The number of carbonyl (C=O) groups excluding carboxylic acids is 1. The van der Waals surface area contributed by atoms with Crippen molar-refractivity contribution >= 4 is 17.7 Å². The first kappa shape index (κ1) is 14.8. The van der Waals surface area contributed by atoms with Crippen LogP contribution in [0.15, 0.2) is 24.4 Å². The maximum absolute atomic E-state index is 12.3. The monoisotopic (exact) mass is 306 g/mol. The molecule has 21 heavy (non-hydrogen) atoms. The van der Waals surface area contributed by atoms with Gasteiger partial charge in [-0.15, -0.1) is 11.8 Å². The number of amides is 1. The second-order valence-electron chi connectivity index (χ2n) is 5.65. The lowest BCUT2D eigenvalue weighted by Crippen LogP contribution is -2.42. The molecule has 6 heteroatoms. The second-order valence-corrected chi connectivity index (χ2v) is 6.73. The Hall–Kier alpha value is -1.11. The third-order valence-corrected chi connectivity index (χ3v) is 5.02. The van der Waals surface area contributed by atoms with Crippen molar-refractivity contribution in [2.24, 2.45) is 5.92 Å². The van der Waals surface area contributed by atoms with E-state index in [1.54, 1.807) is 0 Å². The highest BCUT2D eigenvalue weighted by atomic mass is 32.2. The van der Waals surface area contributed by atoms with Crippen LogP contribution in [-0.2, 0) is 11.3 Å². The van der Waals surface area contributed by atoms with Gasteiger partial charge in [0, 0.05) is 25.0 Å². The molecule has 1 aromatic heterocycles. The first-order valence-electron chi connectivity index (χ1n) is 7.53. The van der Waals surface area contributed by atoms with Gasteiger partial charge in [-0.05, 0) is 37.6 Å². The molecule has 0 unspecified atom stereocenters. The van der Waals surface area contributed by atoms with Gasteiger partial charge in [0.2, 0.25) is 5.91 Å². The molecule has 0 aromatic carbocycles. The summed E-state index contributed by atoms with van der Waals surface area (Å²) in [6.07, 6.45) is 2.76. The Bertz CT molecular complexity index is 464. The molecule has 0 spiro atoms. The molecular formula is C15H22N4OS. The molecule has 0 bridgehead atoms. The van der Waals surface area contributed by atoms with Crippen molar-refractivity contribution in [2.75, 3.05) is 31.3 Å². The van der Waals surface area contributed by atoms with Crippen LogP contribution >= 0.6 is 11.8 Å². The molecule has 1 aromatic rings. The van der Waals surface area contributed by atoms with Crippen LogP contribution in [0.5, 0.6) is 0 Å². The van der Waals surface area contributed by atoms with Crippen LogP contribution in [0, 0.1) is 5.92 Å². The van der Waals surface area contributed by atoms with Crippen LogP contribution in [-0.4, -0.2) is 53.1 Å². The first-order chi connectivity index (χ1) is 10.3. The van der Waals surface area contributed by atoms with Crippen molar-refractivity contribution in [1.29, 1.82) is 0 Å². The predicted molar refractivity (Wildman–Crippen MR) is 84.9 cm³/mol. The van der Waals surface area contributed by atoms with Gasteiger partial charge in [-0.25, -0.2) is 0 Å². The van der Waals surface area contributed by atoms with Gasteiger partial charge in [0.15, 0.2) is 0 Å². The molecule has 0 radical (unpaired) electrons. The van der Waals surface area contributed by atoms with E-state index < -0.39 is 0 Å². The molecule has 2 atom stereocenters. The third-order valence-electron chi connectivity index (χ3n) is 4.05. The Morgan fingerprint density at radius 2 is 2.48 bits per heavy atom. The summed E-state index contributed by atoms with van der Waals surface area (Å²) in [7, 11) is 0. The summed E-state index contributed by atoms with van der Waals surface area (Å²) in [5.74, 6) is 2.75. The van der Waals surface area contributed by atoms with Gasteiger partial charge in [-0.2, -0.15) is 0 Å². The Balaban J connectivity index is 1.39. The molecule has 3 heterocycles. The molecule has 5 nitrogen and oxygen atoms in total. The molecule has 2 aliphatic heterocycles. The van der Waals surface area contributed by atoms with Crippen molar-refractivity contribution < 1.29 is 4.79 Å². The van der Waals surface area contributed by atoms with E-state index >= 15 is 0 Å². The fourth-order valence-corrected chi connectivity index (χ4v) is 3.82. The normalized spacial score (nSPS) is 25.4. The van der Waals surface area contributed by atoms with E-state index in [-0.39, 0.29) is 11.9 Å². The number of nitrogens with one attached hydrogen (secondary N) is 2. The topological polar surface area (TPSA) is 57.3 Å². The maximum Gasteiger partial charge on any atom is 0.240 e. The minimum absolute atomic E-state index is 0.0188. The standard InChI is InChI=1S/C15H22N4OS/c20-15(19-5-6-21-11-19)14-7-12(9-18-14)8-16-10-13-3-1-2-4-17-13/h1-4,12,14,16,18H,5-11H2/t12-,14+/m1/s1. The lowest BCUT2D eigenvalue weighted by molar-refractivity contribution is -0.131. The summed E-state index contributed by atoms with van der Waals surface area (Å²) in [5.41, 5.74) is 1.06. The zero-order chi connectivity index (χ0) is 14.5. The van der Waals surface area contributed by atoms with E-state index in [4.69, 9.17) is 0 Å². The van der Waals surface area contributed by atoms with Gasteiger partial charge < -0.3 is 15.5 Å². The number of thioether (sulfide) groups is 1. The number of hydrogen-bond donors (Lipinski definition) is 2. The van der Waals surface area contributed by atoms with Gasteiger partial charge >= 0.3 is 0 Å². The summed E-state index contributed by atoms with van der Waals surface area (Å²) in [5, 5.41) is 6.82. The summed E-state index contributed by atoms with van der Waals surface area (Å²) in [4.78, 5) is 18.6. The van der Waals surface area contributed by atoms with Crippen molar-refractivity contribution in [1.82, 2.24) is 20.5 Å². The zero-order valence-corrected chi connectivity index (χ0v) is 12.9. The van der Waals surface area contributed by atoms with E-state index in [2.05, 4.69) is 15.6 Å². The second kappa shape index (κ2) is 7.24. The molecule has 1 amide bonds. The molecule has 0 aliphatic carbocycles. The fraction of sp³-hybridized carbons (Fsp3) is 0.600. The SMILES string of the molecule is O=C([C@@H]1C[C@H](CNCc2ccccn2)CN1)N1CCSC1. The number of hydrogen-bond acceptors (Lipinski definition) is 5. The van der Waals surface area contributed by atoms with E-state index in [9.17, 15) is 4.79 Å². The number of pyridine rings is 1. The van der Waals surface area contributed by atoms with E-state index in [0.29, 0.717) is 5.92 Å².